The van der Waals surface area contributed by atoms with E-state index in [0.29, 0.717) is 18.9 Å². The smallest absolute Gasteiger partial charge is 0.323 e. The van der Waals surface area contributed by atoms with Gasteiger partial charge < -0.3 is 9.64 Å². The van der Waals surface area contributed by atoms with Gasteiger partial charge in [0, 0.05) is 12.7 Å². The number of aromatic nitrogens is 2. The molecule has 0 unspecified atom stereocenters. The number of ether oxygens (including phenoxy) is 1. The third-order valence-corrected chi connectivity index (χ3v) is 3.98. The van der Waals surface area contributed by atoms with E-state index in [1.807, 2.05) is 18.4 Å². The number of hydrogen-bond acceptors (Lipinski definition) is 5. The van der Waals surface area contributed by atoms with Crippen LogP contribution >= 0.6 is 11.3 Å². The Balaban J connectivity index is 1.68. The minimum atomic E-state index is -0.163. The molecule has 21 heavy (non-hydrogen) atoms. The minimum Gasteiger partial charge on any atom is -0.367 e. The monoisotopic (exact) mass is 304 g/mol. The van der Waals surface area contributed by atoms with Gasteiger partial charge >= 0.3 is 6.03 Å². The van der Waals surface area contributed by atoms with Crippen molar-refractivity contribution in [1.29, 1.82) is 0 Å². The fourth-order valence-electron chi connectivity index (χ4n) is 2.31. The van der Waals surface area contributed by atoms with Crippen molar-refractivity contribution in [2.45, 2.75) is 19.1 Å². The van der Waals surface area contributed by atoms with E-state index in [1.165, 1.54) is 6.33 Å². The molecule has 1 saturated heterocycles. The molecule has 2 aromatic rings. The Morgan fingerprint density at radius 1 is 1.48 bits per heavy atom. The second kappa shape index (κ2) is 6.19. The van der Waals surface area contributed by atoms with E-state index >= 15 is 0 Å². The summed E-state index contributed by atoms with van der Waals surface area (Å²) in [7, 11) is 0. The van der Waals surface area contributed by atoms with Gasteiger partial charge in [0.15, 0.2) is 0 Å². The first-order chi connectivity index (χ1) is 10.2. The molecule has 0 aliphatic carbocycles. The Labute approximate surface area is 126 Å². The van der Waals surface area contributed by atoms with Gasteiger partial charge in [-0.15, -0.1) is 0 Å². The molecule has 3 rings (SSSR count). The summed E-state index contributed by atoms with van der Waals surface area (Å²) in [6.07, 6.45) is 2.93. The second-order valence-electron chi connectivity index (χ2n) is 4.92. The van der Waals surface area contributed by atoms with Gasteiger partial charge in [0.25, 0.3) is 0 Å². The van der Waals surface area contributed by atoms with Gasteiger partial charge in [-0.3, -0.25) is 5.32 Å². The number of amides is 2. The van der Waals surface area contributed by atoms with Gasteiger partial charge in [-0.2, -0.15) is 11.3 Å². The lowest BCUT2D eigenvalue weighted by molar-refractivity contribution is -0.0641. The highest BCUT2D eigenvalue weighted by atomic mass is 32.1. The minimum absolute atomic E-state index is 0.000186. The van der Waals surface area contributed by atoms with Crippen molar-refractivity contribution < 1.29 is 9.53 Å². The molecule has 7 heteroatoms. The fourth-order valence-corrected chi connectivity index (χ4v) is 3.01. The van der Waals surface area contributed by atoms with Crippen molar-refractivity contribution in [3.8, 4) is 0 Å². The number of nitrogens with zero attached hydrogens (tertiary/aromatic N) is 3. The molecule has 110 valence electrons. The van der Waals surface area contributed by atoms with Gasteiger partial charge in [-0.25, -0.2) is 14.8 Å². The van der Waals surface area contributed by atoms with Crippen molar-refractivity contribution in [1.82, 2.24) is 14.9 Å². The number of hydrogen-bond donors (Lipinski definition) is 1. The average molecular weight is 304 g/mol. The zero-order valence-corrected chi connectivity index (χ0v) is 12.4. The van der Waals surface area contributed by atoms with Crippen LogP contribution in [0.3, 0.4) is 0 Å². The third-order valence-electron chi connectivity index (χ3n) is 3.28. The predicted molar refractivity (Wildman–Crippen MR) is 80.2 cm³/mol. The van der Waals surface area contributed by atoms with Crippen LogP contribution in [0.4, 0.5) is 10.6 Å². The van der Waals surface area contributed by atoms with E-state index in [4.69, 9.17) is 4.74 Å². The SMILES string of the molecule is C[C@H]1CN(C(=O)Nc2ccncn2)C[C@@H](c2ccsc2)O1. The van der Waals surface area contributed by atoms with Crippen molar-refractivity contribution in [3.63, 3.8) is 0 Å². The Morgan fingerprint density at radius 3 is 3.10 bits per heavy atom. The Kier molecular flexibility index (Phi) is 4.12. The number of nitrogens with one attached hydrogen (secondary N) is 1. The molecule has 0 spiro atoms. The first kappa shape index (κ1) is 14.0. The average Bonchev–Trinajstić information content (AvgIpc) is 3.02. The summed E-state index contributed by atoms with van der Waals surface area (Å²) in [6.45, 7) is 3.08. The number of thiophene rings is 1. The first-order valence-corrected chi connectivity index (χ1v) is 7.66. The molecule has 2 aromatic heterocycles. The Morgan fingerprint density at radius 2 is 2.38 bits per heavy atom. The number of rotatable bonds is 2. The second-order valence-corrected chi connectivity index (χ2v) is 5.70. The van der Waals surface area contributed by atoms with Crippen molar-refractivity contribution in [2.75, 3.05) is 18.4 Å². The van der Waals surface area contributed by atoms with E-state index in [-0.39, 0.29) is 18.2 Å². The molecule has 0 saturated carbocycles. The highest BCUT2D eigenvalue weighted by Gasteiger charge is 2.29. The zero-order chi connectivity index (χ0) is 14.7. The van der Waals surface area contributed by atoms with Crippen molar-refractivity contribution in [3.05, 3.63) is 41.0 Å². The van der Waals surface area contributed by atoms with Crippen LogP contribution in [0.2, 0.25) is 0 Å². The first-order valence-electron chi connectivity index (χ1n) is 6.72. The number of carbonyl (C=O) groups excluding carboxylic acids is 1. The number of morpholine rings is 1. The van der Waals surface area contributed by atoms with E-state index in [1.54, 1.807) is 28.5 Å². The molecule has 6 nitrogen and oxygen atoms in total. The van der Waals surface area contributed by atoms with Crippen LogP contribution in [0.25, 0.3) is 0 Å². The molecule has 2 amide bonds. The molecule has 1 aliphatic heterocycles. The highest BCUT2D eigenvalue weighted by molar-refractivity contribution is 7.07. The van der Waals surface area contributed by atoms with Crippen LogP contribution in [0.15, 0.2) is 35.4 Å². The van der Waals surface area contributed by atoms with Gasteiger partial charge in [-0.1, -0.05) is 0 Å². The number of anilines is 1. The molecule has 0 aromatic carbocycles. The van der Waals surface area contributed by atoms with Crippen molar-refractivity contribution in [2.24, 2.45) is 0 Å². The maximum Gasteiger partial charge on any atom is 0.323 e. The van der Waals surface area contributed by atoms with Crippen LogP contribution in [-0.2, 0) is 4.74 Å². The van der Waals surface area contributed by atoms with Crippen LogP contribution in [0, 0.1) is 0 Å². The quantitative estimate of drug-likeness (QED) is 0.926. The summed E-state index contributed by atoms with van der Waals surface area (Å²) in [5.41, 5.74) is 1.12. The third kappa shape index (κ3) is 3.37. The van der Waals surface area contributed by atoms with Gasteiger partial charge in [0.1, 0.15) is 18.2 Å². The van der Waals surface area contributed by atoms with Gasteiger partial charge in [0.05, 0.1) is 12.6 Å². The van der Waals surface area contributed by atoms with Crippen LogP contribution in [0.5, 0.6) is 0 Å². The standard InChI is InChI=1S/C14H16N4O2S/c1-10-6-18(7-12(20-10)11-3-5-21-8-11)14(19)17-13-2-4-15-9-16-13/h2-5,8-10,12H,6-7H2,1H3,(H,15,16,17,19)/t10-,12-/m0/s1. The lowest BCUT2D eigenvalue weighted by Gasteiger charge is -2.36. The molecule has 0 bridgehead atoms. The molecule has 1 aliphatic rings. The lowest BCUT2D eigenvalue weighted by atomic mass is 10.1. The molecule has 1 N–H and O–H groups in total. The molecular formula is C14H16N4O2S. The molecule has 1 fully saturated rings. The van der Waals surface area contributed by atoms with Gasteiger partial charge in [-0.05, 0) is 35.4 Å². The molecule has 3 heterocycles. The topological polar surface area (TPSA) is 67.4 Å². The van der Waals surface area contributed by atoms with Crippen molar-refractivity contribution >= 4 is 23.2 Å². The summed E-state index contributed by atoms with van der Waals surface area (Å²) in [5.74, 6) is 0.501. The van der Waals surface area contributed by atoms with Gasteiger partial charge in [0.2, 0.25) is 0 Å². The van der Waals surface area contributed by atoms with Crippen LogP contribution in [-0.4, -0.2) is 40.1 Å². The molecule has 0 radical (unpaired) electrons. The summed E-state index contributed by atoms with van der Waals surface area (Å²) < 4.78 is 5.92. The Hall–Kier alpha value is -1.99. The lowest BCUT2D eigenvalue weighted by Crippen LogP contribution is -2.47. The summed E-state index contributed by atoms with van der Waals surface area (Å²) in [5, 5.41) is 6.86. The largest absolute Gasteiger partial charge is 0.367 e. The van der Waals surface area contributed by atoms with E-state index < -0.39 is 0 Å². The van der Waals surface area contributed by atoms with E-state index in [2.05, 4.69) is 20.7 Å². The van der Waals surface area contributed by atoms with E-state index in [9.17, 15) is 4.79 Å². The summed E-state index contributed by atoms with van der Waals surface area (Å²) >= 11 is 1.63. The Bertz CT molecular complexity index is 590. The molecular weight excluding hydrogens is 288 g/mol. The number of urea groups is 1. The molecule has 2 atom stereocenters. The maximum absolute atomic E-state index is 12.3. The van der Waals surface area contributed by atoms with Crippen LogP contribution in [0.1, 0.15) is 18.6 Å². The predicted octanol–water partition coefficient (Wildman–Crippen LogP) is 2.53. The summed E-state index contributed by atoms with van der Waals surface area (Å²) in [4.78, 5) is 21.9. The summed E-state index contributed by atoms with van der Waals surface area (Å²) in [6, 6.07) is 3.54. The van der Waals surface area contributed by atoms with Crippen LogP contribution < -0.4 is 5.32 Å². The zero-order valence-electron chi connectivity index (χ0n) is 11.6. The number of carbonyl (C=O) groups is 1. The normalized spacial score (nSPS) is 22.0. The maximum atomic E-state index is 12.3. The fraction of sp³-hybridized carbons (Fsp3) is 0.357. The highest BCUT2D eigenvalue weighted by Crippen LogP contribution is 2.27. The van der Waals surface area contributed by atoms with E-state index in [0.717, 1.165) is 5.56 Å².